The zero-order valence-corrected chi connectivity index (χ0v) is 9.05. The molecule has 0 aliphatic heterocycles. The van der Waals surface area contributed by atoms with E-state index in [-0.39, 0.29) is 0 Å². The molecule has 0 aliphatic carbocycles. The Morgan fingerprint density at radius 3 is 2.79 bits per heavy atom. The van der Waals surface area contributed by atoms with E-state index in [0.717, 1.165) is 19.6 Å². The van der Waals surface area contributed by atoms with Crippen molar-refractivity contribution in [2.45, 2.75) is 19.8 Å². The van der Waals surface area contributed by atoms with Crippen molar-refractivity contribution in [2.24, 2.45) is 0 Å². The van der Waals surface area contributed by atoms with E-state index < -0.39 is 0 Å². The summed E-state index contributed by atoms with van der Waals surface area (Å²) in [5, 5.41) is 3.37. The van der Waals surface area contributed by atoms with Gasteiger partial charge in [-0.1, -0.05) is 31.5 Å². The third-order valence-electron chi connectivity index (χ3n) is 2.16. The van der Waals surface area contributed by atoms with E-state index in [1.807, 2.05) is 0 Å². The van der Waals surface area contributed by atoms with Crippen molar-refractivity contribution in [1.82, 2.24) is 0 Å². The van der Waals surface area contributed by atoms with Crippen LogP contribution in [0.3, 0.4) is 0 Å². The molecule has 0 heterocycles. The maximum atomic E-state index is 5.00. The van der Waals surface area contributed by atoms with Crippen LogP contribution in [0.1, 0.15) is 18.9 Å². The number of hydrogen-bond donors (Lipinski definition) is 1. The van der Waals surface area contributed by atoms with E-state index in [0.29, 0.717) is 0 Å². The first-order valence-corrected chi connectivity index (χ1v) is 5.19. The lowest BCUT2D eigenvalue weighted by atomic mass is 10.1. The van der Waals surface area contributed by atoms with Crippen molar-refractivity contribution in [3.8, 4) is 0 Å². The Hall–Kier alpha value is -1.02. The second-order valence-electron chi connectivity index (χ2n) is 3.33. The van der Waals surface area contributed by atoms with Crippen molar-refractivity contribution in [1.29, 1.82) is 0 Å². The highest BCUT2D eigenvalue weighted by Crippen LogP contribution is 2.16. The van der Waals surface area contributed by atoms with Crippen LogP contribution < -0.4 is 5.32 Å². The number of para-hydroxylation sites is 1. The topological polar surface area (TPSA) is 21.3 Å². The Morgan fingerprint density at radius 2 is 2.07 bits per heavy atom. The summed E-state index contributed by atoms with van der Waals surface area (Å²) in [6.45, 7) is 3.82. The van der Waals surface area contributed by atoms with Crippen LogP contribution >= 0.6 is 0 Å². The van der Waals surface area contributed by atoms with E-state index in [1.54, 1.807) is 7.11 Å². The molecule has 0 amide bonds. The van der Waals surface area contributed by atoms with Crippen LogP contribution in [0.2, 0.25) is 0 Å². The Labute approximate surface area is 86.3 Å². The Bertz CT molecular complexity index is 260. The average Bonchev–Trinajstić information content (AvgIpc) is 2.21. The van der Waals surface area contributed by atoms with Gasteiger partial charge in [0.25, 0.3) is 0 Å². The highest BCUT2D eigenvalue weighted by Gasteiger charge is 1.98. The molecule has 14 heavy (non-hydrogen) atoms. The fraction of sp³-hybridized carbons (Fsp3) is 0.500. The molecule has 2 heteroatoms. The van der Waals surface area contributed by atoms with Gasteiger partial charge >= 0.3 is 0 Å². The molecule has 1 N–H and O–H groups in total. The number of methoxy groups -OCH3 is 1. The predicted octanol–water partition coefficient (Wildman–Crippen LogP) is 2.70. The molecule has 0 saturated heterocycles. The van der Waals surface area contributed by atoms with Crippen molar-refractivity contribution in [3.05, 3.63) is 29.8 Å². The SMILES string of the molecule is CCCc1ccccc1NCCOC. The smallest absolute Gasteiger partial charge is 0.0635 e. The summed E-state index contributed by atoms with van der Waals surface area (Å²) in [6.07, 6.45) is 2.32. The molecule has 0 radical (unpaired) electrons. The average molecular weight is 193 g/mol. The molecule has 0 atom stereocenters. The summed E-state index contributed by atoms with van der Waals surface area (Å²) in [5.74, 6) is 0. The lowest BCUT2D eigenvalue weighted by Gasteiger charge is -2.10. The largest absolute Gasteiger partial charge is 0.383 e. The predicted molar refractivity (Wildman–Crippen MR) is 60.8 cm³/mol. The van der Waals surface area contributed by atoms with Crippen molar-refractivity contribution >= 4 is 5.69 Å². The van der Waals surface area contributed by atoms with Crippen LogP contribution in [0.5, 0.6) is 0 Å². The molecule has 1 rings (SSSR count). The van der Waals surface area contributed by atoms with Gasteiger partial charge < -0.3 is 10.1 Å². The molecule has 0 aliphatic rings. The molecule has 0 unspecified atom stereocenters. The molecule has 0 fully saturated rings. The first-order chi connectivity index (χ1) is 6.88. The van der Waals surface area contributed by atoms with E-state index in [4.69, 9.17) is 4.74 Å². The number of ether oxygens (including phenoxy) is 1. The van der Waals surface area contributed by atoms with Gasteiger partial charge in [-0.25, -0.2) is 0 Å². The van der Waals surface area contributed by atoms with Gasteiger partial charge in [-0.15, -0.1) is 0 Å². The monoisotopic (exact) mass is 193 g/mol. The van der Waals surface area contributed by atoms with E-state index in [9.17, 15) is 0 Å². The second-order valence-corrected chi connectivity index (χ2v) is 3.33. The van der Waals surface area contributed by atoms with Crippen molar-refractivity contribution in [2.75, 3.05) is 25.6 Å². The lowest BCUT2D eigenvalue weighted by Crippen LogP contribution is -2.09. The van der Waals surface area contributed by atoms with Gasteiger partial charge in [0.2, 0.25) is 0 Å². The van der Waals surface area contributed by atoms with Gasteiger partial charge in [-0.2, -0.15) is 0 Å². The Kier molecular flexibility index (Phi) is 5.08. The van der Waals surface area contributed by atoms with Gasteiger partial charge in [-0.3, -0.25) is 0 Å². The van der Waals surface area contributed by atoms with E-state index in [2.05, 4.69) is 36.5 Å². The van der Waals surface area contributed by atoms with E-state index in [1.165, 1.54) is 17.7 Å². The van der Waals surface area contributed by atoms with Crippen LogP contribution in [0, 0.1) is 0 Å². The minimum atomic E-state index is 0.750. The van der Waals surface area contributed by atoms with Gasteiger partial charge in [0.1, 0.15) is 0 Å². The van der Waals surface area contributed by atoms with Crippen molar-refractivity contribution in [3.63, 3.8) is 0 Å². The van der Waals surface area contributed by atoms with E-state index >= 15 is 0 Å². The summed E-state index contributed by atoms with van der Waals surface area (Å²) >= 11 is 0. The third-order valence-corrected chi connectivity index (χ3v) is 2.16. The molecule has 0 aromatic heterocycles. The van der Waals surface area contributed by atoms with Gasteiger partial charge in [0.15, 0.2) is 0 Å². The molecule has 0 saturated carbocycles. The third kappa shape index (κ3) is 3.38. The number of aryl methyl sites for hydroxylation is 1. The summed E-state index contributed by atoms with van der Waals surface area (Å²) in [7, 11) is 1.72. The van der Waals surface area contributed by atoms with Crippen LogP contribution in [0.4, 0.5) is 5.69 Å². The zero-order valence-electron chi connectivity index (χ0n) is 9.05. The van der Waals surface area contributed by atoms with Crippen LogP contribution in [-0.2, 0) is 11.2 Å². The fourth-order valence-electron chi connectivity index (χ4n) is 1.47. The van der Waals surface area contributed by atoms with Crippen molar-refractivity contribution < 1.29 is 4.74 Å². The molecule has 78 valence electrons. The molecule has 0 bridgehead atoms. The molecule has 2 nitrogen and oxygen atoms in total. The number of benzene rings is 1. The molecule has 1 aromatic carbocycles. The molecular weight excluding hydrogens is 174 g/mol. The van der Waals surface area contributed by atoms with Crippen LogP contribution in [0.25, 0.3) is 0 Å². The van der Waals surface area contributed by atoms with Gasteiger partial charge in [0.05, 0.1) is 6.61 Å². The quantitative estimate of drug-likeness (QED) is 0.701. The second kappa shape index (κ2) is 6.44. The van der Waals surface area contributed by atoms with Gasteiger partial charge in [-0.05, 0) is 18.1 Å². The Morgan fingerprint density at radius 1 is 1.29 bits per heavy atom. The first-order valence-electron chi connectivity index (χ1n) is 5.19. The maximum absolute atomic E-state index is 5.00. The number of nitrogens with one attached hydrogen (secondary N) is 1. The number of anilines is 1. The highest BCUT2D eigenvalue weighted by molar-refractivity contribution is 5.51. The molecule has 1 aromatic rings. The normalized spacial score (nSPS) is 10.1. The summed E-state index contributed by atoms with van der Waals surface area (Å²) in [5.41, 5.74) is 2.64. The molecular formula is C12H19NO. The summed E-state index contributed by atoms with van der Waals surface area (Å²) in [4.78, 5) is 0. The van der Waals surface area contributed by atoms with Crippen LogP contribution in [-0.4, -0.2) is 20.3 Å². The minimum absolute atomic E-state index is 0.750. The van der Waals surface area contributed by atoms with Crippen LogP contribution in [0.15, 0.2) is 24.3 Å². The number of hydrogen-bond acceptors (Lipinski definition) is 2. The maximum Gasteiger partial charge on any atom is 0.0635 e. The number of rotatable bonds is 6. The molecule has 0 spiro atoms. The zero-order chi connectivity index (χ0) is 10.2. The standard InChI is InChI=1S/C12H19NO/c1-3-6-11-7-4-5-8-12(11)13-9-10-14-2/h4-5,7-8,13H,3,6,9-10H2,1-2H3. The highest BCUT2D eigenvalue weighted by atomic mass is 16.5. The fourth-order valence-corrected chi connectivity index (χ4v) is 1.47. The summed E-state index contributed by atoms with van der Waals surface area (Å²) < 4.78 is 5.00. The lowest BCUT2D eigenvalue weighted by molar-refractivity contribution is 0.211. The summed E-state index contributed by atoms with van der Waals surface area (Å²) in [6, 6.07) is 8.46. The minimum Gasteiger partial charge on any atom is -0.383 e. The Balaban J connectivity index is 2.55. The van der Waals surface area contributed by atoms with Gasteiger partial charge in [0, 0.05) is 19.3 Å². The first kappa shape index (κ1) is 11.1.